The minimum atomic E-state index is -0.722. The summed E-state index contributed by atoms with van der Waals surface area (Å²) in [7, 11) is 0. The Labute approximate surface area is 86.3 Å². The second-order valence-electron chi connectivity index (χ2n) is 3.33. The summed E-state index contributed by atoms with van der Waals surface area (Å²) in [6, 6.07) is 0. The van der Waals surface area contributed by atoms with Gasteiger partial charge in [0, 0.05) is 6.42 Å². The molecule has 0 rings (SSSR count). The van der Waals surface area contributed by atoms with Crippen LogP contribution in [0, 0.1) is 0 Å². The van der Waals surface area contributed by atoms with Gasteiger partial charge in [0.05, 0.1) is 0 Å². The highest BCUT2D eigenvalue weighted by Gasteiger charge is 1.91. The van der Waals surface area contributed by atoms with Gasteiger partial charge in [0.25, 0.3) is 0 Å². The van der Waals surface area contributed by atoms with E-state index in [0.29, 0.717) is 6.42 Å². The number of carboxylic acids is 1. The fourth-order valence-electron chi connectivity index (χ4n) is 1.17. The average Bonchev–Trinajstić information content (AvgIpc) is 2.15. The minimum Gasteiger partial charge on any atom is -0.481 e. The van der Waals surface area contributed by atoms with Crippen LogP contribution >= 0.6 is 0 Å². The molecule has 0 aromatic rings. The third-order valence-electron chi connectivity index (χ3n) is 1.97. The molecule has 0 aliphatic rings. The van der Waals surface area contributed by atoms with E-state index in [4.69, 9.17) is 5.11 Å². The smallest absolute Gasteiger partial charge is 0.303 e. The Kier molecular flexibility index (Phi) is 9.28. The molecule has 80 valence electrons. The van der Waals surface area contributed by atoms with E-state index in [1.165, 1.54) is 19.3 Å². The van der Waals surface area contributed by atoms with Crippen LogP contribution in [-0.4, -0.2) is 11.1 Å². The summed E-state index contributed by atoms with van der Waals surface area (Å²) in [6.07, 6.45) is 12.7. The summed E-state index contributed by atoms with van der Waals surface area (Å²) < 4.78 is 0. The SMILES string of the molecule is C=CCCCCC/C=C/CCC(=O)O. The molecule has 0 atom stereocenters. The largest absolute Gasteiger partial charge is 0.481 e. The molecule has 0 aliphatic carbocycles. The molecule has 0 aromatic heterocycles. The van der Waals surface area contributed by atoms with E-state index < -0.39 is 5.97 Å². The quantitative estimate of drug-likeness (QED) is 0.452. The summed E-state index contributed by atoms with van der Waals surface area (Å²) in [6.45, 7) is 3.67. The standard InChI is InChI=1S/C12H20O2/c1-2-3-4-5-6-7-8-9-10-11-12(13)14/h2,8-9H,1,3-7,10-11H2,(H,13,14)/b9-8+. The Bertz CT molecular complexity index is 183. The van der Waals surface area contributed by atoms with Crippen LogP contribution in [0.1, 0.15) is 44.9 Å². The second-order valence-corrected chi connectivity index (χ2v) is 3.33. The van der Waals surface area contributed by atoms with Crippen molar-refractivity contribution >= 4 is 5.97 Å². The first kappa shape index (κ1) is 12.9. The number of carbonyl (C=O) groups is 1. The maximum atomic E-state index is 10.2. The molecule has 0 saturated carbocycles. The summed E-state index contributed by atoms with van der Waals surface area (Å²) in [5, 5.41) is 8.37. The molecule has 0 aromatic carbocycles. The molecule has 0 bridgehead atoms. The lowest BCUT2D eigenvalue weighted by atomic mass is 10.1. The molecule has 14 heavy (non-hydrogen) atoms. The van der Waals surface area contributed by atoms with Crippen LogP contribution in [0.2, 0.25) is 0 Å². The lowest BCUT2D eigenvalue weighted by Crippen LogP contribution is -1.91. The first-order valence-electron chi connectivity index (χ1n) is 5.25. The molecule has 0 heterocycles. The van der Waals surface area contributed by atoms with Crippen LogP contribution < -0.4 is 0 Å². The lowest BCUT2D eigenvalue weighted by molar-refractivity contribution is -0.136. The Morgan fingerprint density at radius 2 is 1.71 bits per heavy atom. The summed E-state index contributed by atoms with van der Waals surface area (Å²) in [5.74, 6) is -0.722. The highest BCUT2D eigenvalue weighted by atomic mass is 16.4. The molecule has 0 amide bonds. The molecule has 2 nitrogen and oxygen atoms in total. The summed E-state index contributed by atoms with van der Waals surface area (Å²) in [5.41, 5.74) is 0. The highest BCUT2D eigenvalue weighted by Crippen LogP contribution is 2.04. The first-order chi connectivity index (χ1) is 6.77. The van der Waals surface area contributed by atoms with E-state index in [0.717, 1.165) is 12.8 Å². The van der Waals surface area contributed by atoms with Crippen molar-refractivity contribution in [1.29, 1.82) is 0 Å². The molecular weight excluding hydrogens is 176 g/mol. The second kappa shape index (κ2) is 10.0. The third-order valence-corrected chi connectivity index (χ3v) is 1.97. The van der Waals surface area contributed by atoms with Crippen molar-refractivity contribution in [3.63, 3.8) is 0 Å². The van der Waals surface area contributed by atoms with Crippen molar-refractivity contribution < 1.29 is 9.90 Å². The predicted molar refractivity (Wildman–Crippen MR) is 59.3 cm³/mol. The van der Waals surface area contributed by atoms with Crippen molar-refractivity contribution in [1.82, 2.24) is 0 Å². The molecule has 2 heteroatoms. The van der Waals surface area contributed by atoms with Gasteiger partial charge < -0.3 is 5.11 Å². The van der Waals surface area contributed by atoms with Gasteiger partial charge in [-0.05, 0) is 32.1 Å². The fraction of sp³-hybridized carbons (Fsp3) is 0.583. The molecule has 0 spiro atoms. The van der Waals surface area contributed by atoms with E-state index in [1.54, 1.807) is 0 Å². The molecule has 0 saturated heterocycles. The number of allylic oxidation sites excluding steroid dienone is 3. The van der Waals surface area contributed by atoms with Gasteiger partial charge in [-0.3, -0.25) is 4.79 Å². The van der Waals surface area contributed by atoms with Crippen LogP contribution in [0.3, 0.4) is 0 Å². The number of unbranched alkanes of at least 4 members (excludes halogenated alkanes) is 4. The van der Waals surface area contributed by atoms with E-state index in [9.17, 15) is 4.79 Å². The van der Waals surface area contributed by atoms with Gasteiger partial charge in [-0.25, -0.2) is 0 Å². The summed E-state index contributed by atoms with van der Waals surface area (Å²) in [4.78, 5) is 10.2. The van der Waals surface area contributed by atoms with Crippen molar-refractivity contribution in [2.45, 2.75) is 44.9 Å². The number of hydrogen-bond donors (Lipinski definition) is 1. The van der Waals surface area contributed by atoms with Crippen LogP contribution in [0.4, 0.5) is 0 Å². The van der Waals surface area contributed by atoms with Gasteiger partial charge in [-0.2, -0.15) is 0 Å². The van der Waals surface area contributed by atoms with E-state index in [2.05, 4.69) is 12.7 Å². The Morgan fingerprint density at radius 1 is 1.07 bits per heavy atom. The maximum Gasteiger partial charge on any atom is 0.303 e. The van der Waals surface area contributed by atoms with Crippen molar-refractivity contribution in [3.8, 4) is 0 Å². The van der Waals surface area contributed by atoms with Crippen LogP contribution in [0.15, 0.2) is 24.8 Å². The Balaban J connectivity index is 3.10. The molecule has 0 unspecified atom stereocenters. The number of carboxylic acid groups (broad SMARTS) is 1. The predicted octanol–water partition coefficient (Wildman–Crippen LogP) is 3.54. The van der Waals surface area contributed by atoms with Crippen molar-refractivity contribution in [3.05, 3.63) is 24.8 Å². The number of hydrogen-bond acceptors (Lipinski definition) is 1. The number of rotatable bonds is 9. The fourth-order valence-corrected chi connectivity index (χ4v) is 1.17. The van der Waals surface area contributed by atoms with Crippen molar-refractivity contribution in [2.75, 3.05) is 0 Å². The van der Waals surface area contributed by atoms with Crippen molar-refractivity contribution in [2.24, 2.45) is 0 Å². The summed E-state index contributed by atoms with van der Waals surface area (Å²) >= 11 is 0. The molecule has 1 N–H and O–H groups in total. The molecule has 0 radical (unpaired) electrons. The monoisotopic (exact) mass is 196 g/mol. The highest BCUT2D eigenvalue weighted by molar-refractivity contribution is 5.66. The Morgan fingerprint density at radius 3 is 2.36 bits per heavy atom. The van der Waals surface area contributed by atoms with E-state index >= 15 is 0 Å². The topological polar surface area (TPSA) is 37.3 Å². The Hall–Kier alpha value is -1.05. The van der Waals surface area contributed by atoms with Gasteiger partial charge in [-0.1, -0.05) is 24.6 Å². The van der Waals surface area contributed by atoms with Gasteiger partial charge in [0.1, 0.15) is 0 Å². The minimum absolute atomic E-state index is 0.243. The molecule has 0 aliphatic heterocycles. The molecule has 0 fully saturated rings. The van der Waals surface area contributed by atoms with Gasteiger partial charge >= 0.3 is 5.97 Å². The molecular formula is C12H20O2. The van der Waals surface area contributed by atoms with Gasteiger partial charge in [0.2, 0.25) is 0 Å². The third kappa shape index (κ3) is 11.0. The normalized spacial score (nSPS) is 10.6. The maximum absolute atomic E-state index is 10.2. The zero-order chi connectivity index (χ0) is 10.6. The average molecular weight is 196 g/mol. The van der Waals surface area contributed by atoms with Crippen LogP contribution in [0.25, 0.3) is 0 Å². The van der Waals surface area contributed by atoms with E-state index in [1.807, 2.05) is 12.2 Å². The first-order valence-corrected chi connectivity index (χ1v) is 5.25. The van der Waals surface area contributed by atoms with Crippen LogP contribution in [-0.2, 0) is 4.79 Å². The zero-order valence-electron chi connectivity index (χ0n) is 8.74. The van der Waals surface area contributed by atoms with Crippen LogP contribution in [0.5, 0.6) is 0 Å². The lowest BCUT2D eigenvalue weighted by Gasteiger charge is -1.94. The number of aliphatic carboxylic acids is 1. The van der Waals surface area contributed by atoms with Gasteiger partial charge in [0.15, 0.2) is 0 Å². The zero-order valence-corrected chi connectivity index (χ0v) is 8.74. The van der Waals surface area contributed by atoms with E-state index in [-0.39, 0.29) is 6.42 Å². The van der Waals surface area contributed by atoms with Gasteiger partial charge in [-0.15, -0.1) is 6.58 Å².